The Hall–Kier alpha value is -0.860. The lowest BCUT2D eigenvalue weighted by Crippen LogP contribution is -2.27. The minimum absolute atomic E-state index is 0.761. The third-order valence-electron chi connectivity index (χ3n) is 3.32. The van der Waals surface area contributed by atoms with Gasteiger partial charge in [0.05, 0.1) is 0 Å². The molecule has 0 atom stereocenters. The minimum atomic E-state index is 0.761. The molecule has 1 aliphatic heterocycles. The molecule has 0 bridgehead atoms. The molecule has 88 valence electrons. The van der Waals surface area contributed by atoms with Gasteiger partial charge in [-0.25, -0.2) is 0 Å². The lowest BCUT2D eigenvalue weighted by atomic mass is 9.87. The average Bonchev–Trinajstić information content (AvgIpc) is 2.30. The first-order chi connectivity index (χ1) is 7.77. The van der Waals surface area contributed by atoms with Crippen molar-refractivity contribution >= 4 is 0 Å². The molecule has 1 fully saturated rings. The highest BCUT2D eigenvalue weighted by molar-refractivity contribution is 5.30. The van der Waals surface area contributed by atoms with E-state index in [-0.39, 0.29) is 0 Å². The maximum Gasteiger partial charge on any atom is 0.0230 e. The molecule has 1 saturated heterocycles. The summed E-state index contributed by atoms with van der Waals surface area (Å²) in [6.07, 6.45) is 2.56. The molecule has 0 aliphatic carbocycles. The molecule has 0 amide bonds. The zero-order chi connectivity index (χ0) is 11.4. The van der Waals surface area contributed by atoms with E-state index in [0.717, 1.165) is 12.5 Å². The van der Waals surface area contributed by atoms with Crippen LogP contribution in [-0.4, -0.2) is 32.1 Å². The predicted octanol–water partition coefficient (Wildman–Crippen LogP) is 2.22. The maximum absolute atomic E-state index is 3.43. The van der Waals surface area contributed by atoms with Crippen LogP contribution in [0.2, 0.25) is 0 Å². The number of hydrogen-bond acceptors (Lipinski definition) is 2. The molecule has 0 aromatic heterocycles. The molecule has 1 heterocycles. The van der Waals surface area contributed by atoms with Crippen molar-refractivity contribution in [3.8, 4) is 0 Å². The van der Waals surface area contributed by atoms with Gasteiger partial charge in [-0.05, 0) is 57.1 Å². The second kappa shape index (κ2) is 5.46. The normalized spacial score (nSPS) is 17.9. The van der Waals surface area contributed by atoms with E-state index >= 15 is 0 Å². The Morgan fingerprint density at radius 1 is 1.19 bits per heavy atom. The van der Waals surface area contributed by atoms with Gasteiger partial charge < -0.3 is 10.2 Å². The third kappa shape index (κ3) is 2.83. The van der Waals surface area contributed by atoms with Gasteiger partial charge >= 0.3 is 0 Å². The molecular formula is C14H22N2. The lowest BCUT2D eigenvalue weighted by Gasteiger charge is -2.26. The maximum atomic E-state index is 3.43. The number of nitrogens with one attached hydrogen (secondary N) is 1. The largest absolute Gasteiger partial charge is 0.317 e. The fraction of sp³-hybridized carbons (Fsp3) is 0.571. The van der Waals surface area contributed by atoms with Crippen LogP contribution in [0.25, 0.3) is 0 Å². The zero-order valence-corrected chi connectivity index (χ0v) is 10.4. The Kier molecular flexibility index (Phi) is 3.97. The molecule has 2 heteroatoms. The van der Waals surface area contributed by atoms with Crippen LogP contribution in [0.1, 0.15) is 29.9 Å². The van der Waals surface area contributed by atoms with Gasteiger partial charge in [0.25, 0.3) is 0 Å². The standard InChI is InChI=1S/C14H22N2/c1-16(2)11-13-5-3-4-6-14(13)12-7-9-15-10-8-12/h3-6,12,15H,7-11H2,1-2H3. The van der Waals surface area contributed by atoms with Crippen molar-refractivity contribution in [2.45, 2.75) is 25.3 Å². The highest BCUT2D eigenvalue weighted by Crippen LogP contribution is 2.28. The summed E-state index contributed by atoms with van der Waals surface area (Å²) in [5.41, 5.74) is 3.07. The van der Waals surface area contributed by atoms with Crippen LogP contribution in [0.4, 0.5) is 0 Å². The van der Waals surface area contributed by atoms with Crippen LogP contribution in [0.15, 0.2) is 24.3 Å². The van der Waals surface area contributed by atoms with E-state index in [4.69, 9.17) is 0 Å². The van der Waals surface area contributed by atoms with Crippen LogP contribution < -0.4 is 5.32 Å². The average molecular weight is 218 g/mol. The van der Waals surface area contributed by atoms with Gasteiger partial charge in [0.2, 0.25) is 0 Å². The zero-order valence-electron chi connectivity index (χ0n) is 10.4. The summed E-state index contributed by atoms with van der Waals surface area (Å²) in [5, 5.41) is 3.43. The molecule has 16 heavy (non-hydrogen) atoms. The van der Waals surface area contributed by atoms with Crippen LogP contribution in [0, 0.1) is 0 Å². The molecule has 0 saturated carbocycles. The van der Waals surface area contributed by atoms with E-state index in [9.17, 15) is 0 Å². The van der Waals surface area contributed by atoms with Gasteiger partial charge in [-0.1, -0.05) is 24.3 Å². The molecule has 0 radical (unpaired) electrons. The van der Waals surface area contributed by atoms with Gasteiger partial charge in [-0.2, -0.15) is 0 Å². The molecular weight excluding hydrogens is 196 g/mol. The molecule has 1 aliphatic rings. The summed E-state index contributed by atoms with van der Waals surface area (Å²) in [5.74, 6) is 0.761. The molecule has 1 N–H and O–H groups in total. The first-order valence-electron chi connectivity index (χ1n) is 6.20. The second-order valence-electron chi connectivity index (χ2n) is 4.96. The second-order valence-corrected chi connectivity index (χ2v) is 4.96. The van der Waals surface area contributed by atoms with Gasteiger partial charge in [0.15, 0.2) is 0 Å². The highest BCUT2D eigenvalue weighted by atomic mass is 15.0. The van der Waals surface area contributed by atoms with Gasteiger partial charge in [0, 0.05) is 6.54 Å². The summed E-state index contributed by atoms with van der Waals surface area (Å²) < 4.78 is 0. The number of nitrogens with zero attached hydrogens (tertiary/aromatic N) is 1. The quantitative estimate of drug-likeness (QED) is 0.837. The van der Waals surface area contributed by atoms with Crippen LogP contribution in [0.3, 0.4) is 0 Å². The van der Waals surface area contributed by atoms with Crippen molar-refractivity contribution in [1.82, 2.24) is 10.2 Å². The summed E-state index contributed by atoms with van der Waals surface area (Å²) in [7, 11) is 4.28. The van der Waals surface area contributed by atoms with Gasteiger partial charge in [-0.3, -0.25) is 0 Å². The van der Waals surface area contributed by atoms with E-state index < -0.39 is 0 Å². The van der Waals surface area contributed by atoms with Crippen molar-refractivity contribution in [2.75, 3.05) is 27.2 Å². The van der Waals surface area contributed by atoms with Crippen molar-refractivity contribution in [1.29, 1.82) is 0 Å². The molecule has 0 spiro atoms. The van der Waals surface area contributed by atoms with Gasteiger partial charge in [-0.15, -0.1) is 0 Å². The Bertz CT molecular complexity index is 327. The molecule has 0 unspecified atom stereocenters. The number of hydrogen-bond donors (Lipinski definition) is 1. The summed E-state index contributed by atoms with van der Waals surface area (Å²) in [6.45, 7) is 3.39. The van der Waals surface area contributed by atoms with Gasteiger partial charge in [0.1, 0.15) is 0 Å². The first-order valence-corrected chi connectivity index (χ1v) is 6.20. The molecule has 2 nitrogen and oxygen atoms in total. The Morgan fingerprint density at radius 2 is 1.88 bits per heavy atom. The first kappa shape index (κ1) is 11.6. The van der Waals surface area contributed by atoms with Crippen LogP contribution >= 0.6 is 0 Å². The van der Waals surface area contributed by atoms with E-state index in [1.165, 1.54) is 31.5 Å². The number of piperidine rings is 1. The molecule has 1 aromatic rings. The Balaban J connectivity index is 2.17. The minimum Gasteiger partial charge on any atom is -0.317 e. The van der Waals surface area contributed by atoms with E-state index in [0.29, 0.717) is 0 Å². The highest BCUT2D eigenvalue weighted by Gasteiger charge is 2.17. The smallest absolute Gasteiger partial charge is 0.0230 e. The third-order valence-corrected chi connectivity index (χ3v) is 3.32. The van der Waals surface area contributed by atoms with E-state index in [2.05, 4.69) is 48.6 Å². The van der Waals surface area contributed by atoms with Crippen molar-refractivity contribution in [3.63, 3.8) is 0 Å². The van der Waals surface area contributed by atoms with Crippen LogP contribution in [0.5, 0.6) is 0 Å². The van der Waals surface area contributed by atoms with E-state index in [1.807, 2.05) is 0 Å². The lowest BCUT2D eigenvalue weighted by molar-refractivity contribution is 0.394. The molecule has 1 aromatic carbocycles. The summed E-state index contributed by atoms with van der Waals surface area (Å²) in [6, 6.07) is 8.92. The number of benzene rings is 1. The van der Waals surface area contributed by atoms with Crippen molar-refractivity contribution in [3.05, 3.63) is 35.4 Å². The fourth-order valence-corrected chi connectivity index (χ4v) is 2.55. The van der Waals surface area contributed by atoms with E-state index in [1.54, 1.807) is 5.56 Å². The summed E-state index contributed by atoms with van der Waals surface area (Å²) in [4.78, 5) is 2.25. The monoisotopic (exact) mass is 218 g/mol. The Labute approximate surface area is 98.7 Å². The Morgan fingerprint density at radius 3 is 2.56 bits per heavy atom. The summed E-state index contributed by atoms with van der Waals surface area (Å²) >= 11 is 0. The van der Waals surface area contributed by atoms with Crippen LogP contribution in [-0.2, 0) is 6.54 Å². The van der Waals surface area contributed by atoms with Crippen molar-refractivity contribution < 1.29 is 0 Å². The predicted molar refractivity (Wildman–Crippen MR) is 68.7 cm³/mol. The van der Waals surface area contributed by atoms with Crippen molar-refractivity contribution in [2.24, 2.45) is 0 Å². The fourth-order valence-electron chi connectivity index (χ4n) is 2.55. The topological polar surface area (TPSA) is 15.3 Å². The SMILES string of the molecule is CN(C)Cc1ccccc1C1CCNCC1. The molecule has 2 rings (SSSR count). The number of rotatable bonds is 3.